The molecule has 22 heavy (non-hydrogen) atoms. The second-order valence-electron chi connectivity index (χ2n) is 5.54. The number of methoxy groups -OCH3 is 1. The van der Waals surface area contributed by atoms with Crippen molar-refractivity contribution in [3.8, 4) is 5.75 Å². The highest BCUT2D eigenvalue weighted by molar-refractivity contribution is 6.31. The fourth-order valence-corrected chi connectivity index (χ4v) is 2.72. The lowest BCUT2D eigenvalue weighted by Crippen LogP contribution is -2.30. The van der Waals surface area contributed by atoms with Crippen LogP contribution in [0.25, 0.3) is 0 Å². The van der Waals surface area contributed by atoms with E-state index in [4.69, 9.17) is 16.3 Å². The number of urea groups is 1. The molecule has 0 heterocycles. The number of rotatable bonds is 5. The van der Waals surface area contributed by atoms with E-state index in [2.05, 4.69) is 16.7 Å². The van der Waals surface area contributed by atoms with Gasteiger partial charge in [-0.15, -0.1) is 0 Å². The minimum atomic E-state index is -0.226. The lowest BCUT2D eigenvalue weighted by atomic mass is 9.97. The van der Waals surface area contributed by atoms with Crippen molar-refractivity contribution < 1.29 is 9.53 Å². The molecule has 0 aromatic heterocycles. The largest absolute Gasteiger partial charge is 0.495 e. The van der Waals surface area contributed by atoms with Crippen molar-refractivity contribution in [1.82, 2.24) is 5.32 Å². The summed E-state index contributed by atoms with van der Waals surface area (Å²) in [7, 11) is 1.56. The maximum Gasteiger partial charge on any atom is 0.319 e. The van der Waals surface area contributed by atoms with Crippen LogP contribution in [0.1, 0.15) is 37.7 Å². The van der Waals surface area contributed by atoms with Gasteiger partial charge in [0.2, 0.25) is 0 Å². The quantitative estimate of drug-likeness (QED) is 0.774. The van der Waals surface area contributed by atoms with Crippen molar-refractivity contribution >= 4 is 23.3 Å². The van der Waals surface area contributed by atoms with Crippen LogP contribution >= 0.6 is 11.6 Å². The Morgan fingerprint density at radius 3 is 2.86 bits per heavy atom. The third kappa shape index (κ3) is 4.67. The molecule has 1 aliphatic rings. The Morgan fingerprint density at radius 1 is 1.36 bits per heavy atom. The number of aryl methyl sites for hydroxylation is 1. The summed E-state index contributed by atoms with van der Waals surface area (Å²) < 4.78 is 5.25. The summed E-state index contributed by atoms with van der Waals surface area (Å²) in [5.41, 5.74) is 2.97. The average molecular weight is 323 g/mol. The van der Waals surface area contributed by atoms with Gasteiger partial charge in [0.15, 0.2) is 0 Å². The lowest BCUT2D eigenvalue weighted by molar-refractivity contribution is 0.252. The number of nitrogens with one attached hydrogen (secondary N) is 2. The van der Waals surface area contributed by atoms with Crippen molar-refractivity contribution in [3.63, 3.8) is 0 Å². The standard InChI is InChI=1S/C17H23ClN2O2/c1-12-10-15(16(22-2)11-14(12)18)20-17(21)19-9-8-13-6-4-3-5-7-13/h6,10-11H,3-5,7-9H2,1-2H3,(H2,19,20,21). The minimum Gasteiger partial charge on any atom is -0.495 e. The van der Waals surface area contributed by atoms with E-state index >= 15 is 0 Å². The van der Waals surface area contributed by atoms with Crippen LogP contribution in [0.15, 0.2) is 23.8 Å². The molecular formula is C17H23ClN2O2. The van der Waals surface area contributed by atoms with Crippen LogP contribution in [0.3, 0.4) is 0 Å². The maximum absolute atomic E-state index is 12.0. The number of hydrogen-bond donors (Lipinski definition) is 2. The van der Waals surface area contributed by atoms with Crippen LogP contribution in [-0.2, 0) is 0 Å². The molecule has 0 aliphatic heterocycles. The van der Waals surface area contributed by atoms with Gasteiger partial charge in [0.05, 0.1) is 12.8 Å². The molecule has 1 aromatic rings. The highest BCUT2D eigenvalue weighted by atomic mass is 35.5. The second kappa shape index (κ2) is 8.08. The van der Waals surface area contributed by atoms with E-state index in [-0.39, 0.29) is 6.03 Å². The first-order valence-electron chi connectivity index (χ1n) is 7.67. The fraction of sp³-hybridized carbons (Fsp3) is 0.471. The number of ether oxygens (including phenoxy) is 1. The lowest BCUT2D eigenvalue weighted by Gasteiger charge is -2.15. The van der Waals surface area contributed by atoms with Gasteiger partial charge in [-0.3, -0.25) is 0 Å². The third-order valence-electron chi connectivity index (χ3n) is 3.85. The summed E-state index contributed by atoms with van der Waals surface area (Å²) >= 11 is 6.06. The molecule has 0 atom stereocenters. The summed E-state index contributed by atoms with van der Waals surface area (Å²) in [6.45, 7) is 2.53. The van der Waals surface area contributed by atoms with Gasteiger partial charge >= 0.3 is 6.03 Å². The number of benzene rings is 1. The fourth-order valence-electron chi connectivity index (χ4n) is 2.56. The van der Waals surface area contributed by atoms with Crippen molar-refractivity contribution in [2.75, 3.05) is 19.0 Å². The van der Waals surface area contributed by atoms with Gasteiger partial charge in [-0.1, -0.05) is 23.3 Å². The van der Waals surface area contributed by atoms with Gasteiger partial charge in [-0.25, -0.2) is 4.79 Å². The molecule has 2 N–H and O–H groups in total. The van der Waals surface area contributed by atoms with Crippen molar-refractivity contribution in [1.29, 1.82) is 0 Å². The molecule has 4 nitrogen and oxygen atoms in total. The van der Waals surface area contributed by atoms with Gasteiger partial charge in [0, 0.05) is 17.6 Å². The Morgan fingerprint density at radius 2 is 2.18 bits per heavy atom. The van der Waals surface area contributed by atoms with Crippen LogP contribution < -0.4 is 15.4 Å². The molecule has 1 aliphatic carbocycles. The zero-order chi connectivity index (χ0) is 15.9. The number of carbonyl (C=O) groups is 1. The maximum atomic E-state index is 12.0. The van der Waals surface area contributed by atoms with E-state index < -0.39 is 0 Å². The molecule has 0 unspecified atom stereocenters. The Labute approximate surface area is 136 Å². The van der Waals surface area contributed by atoms with Crippen molar-refractivity contribution in [2.45, 2.75) is 39.0 Å². The summed E-state index contributed by atoms with van der Waals surface area (Å²) in [6.07, 6.45) is 8.10. The predicted octanol–water partition coefficient (Wildman–Crippen LogP) is 4.67. The van der Waals surface area contributed by atoms with Gasteiger partial charge in [0.25, 0.3) is 0 Å². The average Bonchev–Trinajstić information content (AvgIpc) is 2.51. The third-order valence-corrected chi connectivity index (χ3v) is 4.25. The van der Waals surface area contributed by atoms with Gasteiger partial charge in [-0.05, 0) is 50.7 Å². The molecule has 120 valence electrons. The molecule has 0 fully saturated rings. The number of halogens is 1. The highest BCUT2D eigenvalue weighted by Crippen LogP contribution is 2.30. The SMILES string of the molecule is COc1cc(Cl)c(C)cc1NC(=O)NCCC1=CCCCC1. The molecule has 2 amide bonds. The summed E-state index contributed by atoms with van der Waals surface area (Å²) in [4.78, 5) is 12.0. The molecular weight excluding hydrogens is 300 g/mol. The van der Waals surface area contributed by atoms with Gasteiger partial charge < -0.3 is 15.4 Å². The number of anilines is 1. The topological polar surface area (TPSA) is 50.4 Å². The highest BCUT2D eigenvalue weighted by Gasteiger charge is 2.10. The molecule has 0 saturated heterocycles. The first-order valence-corrected chi connectivity index (χ1v) is 8.05. The van der Waals surface area contributed by atoms with E-state index in [0.717, 1.165) is 18.4 Å². The monoisotopic (exact) mass is 322 g/mol. The molecule has 0 spiro atoms. The van der Waals surface area contributed by atoms with E-state index in [1.165, 1.54) is 24.8 Å². The Balaban J connectivity index is 1.86. The first kappa shape index (κ1) is 16.7. The van der Waals surface area contributed by atoms with Crippen molar-refractivity contribution in [3.05, 3.63) is 34.4 Å². The van der Waals surface area contributed by atoms with E-state index in [1.54, 1.807) is 13.2 Å². The summed E-state index contributed by atoms with van der Waals surface area (Å²) in [5.74, 6) is 0.556. The van der Waals surface area contributed by atoms with E-state index in [0.29, 0.717) is 23.0 Å². The number of allylic oxidation sites excluding steroid dienone is 1. The normalized spacial score (nSPS) is 14.2. The van der Waals surface area contributed by atoms with E-state index in [1.807, 2.05) is 13.0 Å². The van der Waals surface area contributed by atoms with Crippen LogP contribution in [0.4, 0.5) is 10.5 Å². The smallest absolute Gasteiger partial charge is 0.319 e. The molecule has 0 saturated carbocycles. The molecule has 0 bridgehead atoms. The second-order valence-corrected chi connectivity index (χ2v) is 5.95. The molecule has 5 heteroatoms. The first-order chi connectivity index (χ1) is 10.6. The van der Waals surface area contributed by atoms with Crippen LogP contribution in [0.5, 0.6) is 5.75 Å². The Kier molecular flexibility index (Phi) is 6.13. The summed E-state index contributed by atoms with van der Waals surface area (Å²) in [5, 5.41) is 6.32. The van der Waals surface area contributed by atoms with Crippen LogP contribution in [0.2, 0.25) is 5.02 Å². The number of carbonyl (C=O) groups excluding carboxylic acids is 1. The van der Waals surface area contributed by atoms with Crippen molar-refractivity contribution in [2.24, 2.45) is 0 Å². The van der Waals surface area contributed by atoms with Crippen LogP contribution in [0, 0.1) is 6.92 Å². The minimum absolute atomic E-state index is 0.226. The Hall–Kier alpha value is -1.68. The van der Waals surface area contributed by atoms with Gasteiger partial charge in [0.1, 0.15) is 5.75 Å². The number of amides is 2. The predicted molar refractivity (Wildman–Crippen MR) is 90.9 cm³/mol. The van der Waals surface area contributed by atoms with E-state index in [9.17, 15) is 4.79 Å². The molecule has 0 radical (unpaired) electrons. The molecule has 2 rings (SSSR count). The number of hydrogen-bond acceptors (Lipinski definition) is 2. The molecule has 1 aromatic carbocycles. The summed E-state index contributed by atoms with van der Waals surface area (Å²) in [6, 6.07) is 3.29. The van der Waals surface area contributed by atoms with Crippen LogP contribution in [-0.4, -0.2) is 19.7 Å². The zero-order valence-electron chi connectivity index (χ0n) is 13.2. The Bertz CT molecular complexity index is 570. The van der Waals surface area contributed by atoms with Gasteiger partial charge in [-0.2, -0.15) is 0 Å². The zero-order valence-corrected chi connectivity index (χ0v) is 13.9.